The first kappa shape index (κ1) is 17.5. The first-order valence-electron chi connectivity index (χ1n) is 9.05. The predicted octanol–water partition coefficient (Wildman–Crippen LogP) is 2.39. The molecular weight excluding hydrogens is 304 g/mol. The Hall–Kier alpha value is -1.30. The molecule has 134 valence electrons. The van der Waals surface area contributed by atoms with E-state index in [1.54, 1.807) is 14.2 Å². The normalized spacial score (nSPS) is 23.2. The first-order valence-corrected chi connectivity index (χ1v) is 9.05. The second kappa shape index (κ2) is 8.70. The maximum Gasteiger partial charge on any atom is 0.161 e. The van der Waals surface area contributed by atoms with Gasteiger partial charge in [0, 0.05) is 32.2 Å². The van der Waals surface area contributed by atoms with Crippen molar-refractivity contribution in [3.05, 3.63) is 23.8 Å². The molecule has 0 aromatic heterocycles. The Kier molecular flexibility index (Phi) is 6.35. The van der Waals surface area contributed by atoms with Crippen molar-refractivity contribution in [2.45, 2.75) is 31.8 Å². The quantitative estimate of drug-likeness (QED) is 0.798. The van der Waals surface area contributed by atoms with E-state index in [0.29, 0.717) is 6.04 Å². The molecule has 0 amide bonds. The Balaban J connectivity index is 1.64. The van der Waals surface area contributed by atoms with Crippen LogP contribution in [0.2, 0.25) is 0 Å². The SMILES string of the molecule is COc1ccc(CN2CCCCC2CN2CCOCC2)cc1OC. The third-order valence-corrected chi connectivity index (χ3v) is 5.16. The van der Waals surface area contributed by atoms with Crippen LogP contribution in [0.15, 0.2) is 18.2 Å². The molecule has 24 heavy (non-hydrogen) atoms. The smallest absolute Gasteiger partial charge is 0.161 e. The molecule has 5 nitrogen and oxygen atoms in total. The maximum atomic E-state index is 5.48. The van der Waals surface area contributed by atoms with E-state index in [1.807, 2.05) is 6.07 Å². The van der Waals surface area contributed by atoms with Crippen molar-refractivity contribution in [2.24, 2.45) is 0 Å². The molecule has 2 saturated heterocycles. The molecule has 0 spiro atoms. The Morgan fingerprint density at radius 2 is 1.83 bits per heavy atom. The number of likely N-dealkylation sites (tertiary alicyclic amines) is 1. The highest BCUT2D eigenvalue weighted by Gasteiger charge is 2.25. The van der Waals surface area contributed by atoms with E-state index in [9.17, 15) is 0 Å². The highest BCUT2D eigenvalue weighted by molar-refractivity contribution is 5.42. The van der Waals surface area contributed by atoms with E-state index in [1.165, 1.54) is 31.4 Å². The average Bonchev–Trinajstić information content (AvgIpc) is 2.64. The largest absolute Gasteiger partial charge is 0.493 e. The summed E-state index contributed by atoms with van der Waals surface area (Å²) < 4.78 is 16.3. The van der Waals surface area contributed by atoms with E-state index in [4.69, 9.17) is 14.2 Å². The minimum Gasteiger partial charge on any atom is -0.493 e. The van der Waals surface area contributed by atoms with Crippen LogP contribution >= 0.6 is 0 Å². The summed E-state index contributed by atoms with van der Waals surface area (Å²) in [7, 11) is 3.38. The zero-order valence-electron chi connectivity index (χ0n) is 15.0. The molecule has 0 N–H and O–H groups in total. The van der Waals surface area contributed by atoms with Crippen LogP contribution < -0.4 is 9.47 Å². The Morgan fingerprint density at radius 3 is 2.58 bits per heavy atom. The third-order valence-electron chi connectivity index (χ3n) is 5.16. The van der Waals surface area contributed by atoms with Gasteiger partial charge in [-0.05, 0) is 37.1 Å². The van der Waals surface area contributed by atoms with Gasteiger partial charge in [-0.15, -0.1) is 0 Å². The number of morpholine rings is 1. The minimum absolute atomic E-state index is 0.643. The molecule has 3 rings (SSSR count). The minimum atomic E-state index is 0.643. The fourth-order valence-electron chi connectivity index (χ4n) is 3.77. The van der Waals surface area contributed by atoms with Gasteiger partial charge in [0.05, 0.1) is 27.4 Å². The van der Waals surface area contributed by atoms with Crippen LogP contribution in [0.25, 0.3) is 0 Å². The van der Waals surface area contributed by atoms with Crippen LogP contribution in [0.1, 0.15) is 24.8 Å². The average molecular weight is 334 g/mol. The molecule has 2 fully saturated rings. The Labute approximate surface area is 145 Å². The van der Waals surface area contributed by atoms with E-state index in [-0.39, 0.29) is 0 Å². The van der Waals surface area contributed by atoms with Crippen molar-refractivity contribution in [3.63, 3.8) is 0 Å². The molecule has 2 heterocycles. The predicted molar refractivity (Wildman–Crippen MR) is 94.9 cm³/mol. The summed E-state index contributed by atoms with van der Waals surface area (Å²) in [5.74, 6) is 1.61. The highest BCUT2D eigenvalue weighted by atomic mass is 16.5. The first-order chi connectivity index (χ1) is 11.8. The molecular formula is C19H30N2O3. The number of hydrogen-bond donors (Lipinski definition) is 0. The molecule has 1 aromatic rings. The van der Waals surface area contributed by atoms with Crippen molar-refractivity contribution in [1.29, 1.82) is 0 Å². The number of piperidine rings is 1. The summed E-state index contributed by atoms with van der Waals surface area (Å²) in [5.41, 5.74) is 1.29. The van der Waals surface area contributed by atoms with Gasteiger partial charge in [0.25, 0.3) is 0 Å². The van der Waals surface area contributed by atoms with Crippen LogP contribution in [0.4, 0.5) is 0 Å². The van der Waals surface area contributed by atoms with Gasteiger partial charge in [0.15, 0.2) is 11.5 Å². The standard InChI is InChI=1S/C19H30N2O3/c1-22-18-7-6-16(13-19(18)23-2)14-21-8-4-3-5-17(21)15-20-9-11-24-12-10-20/h6-7,13,17H,3-5,8-12,14-15H2,1-2H3. The van der Waals surface area contributed by atoms with Gasteiger partial charge in [-0.1, -0.05) is 12.5 Å². The number of ether oxygens (including phenoxy) is 3. The summed E-state index contributed by atoms with van der Waals surface area (Å²) in [4.78, 5) is 5.20. The van der Waals surface area contributed by atoms with Crippen molar-refractivity contribution in [3.8, 4) is 11.5 Å². The molecule has 0 saturated carbocycles. The summed E-state index contributed by atoms with van der Waals surface area (Å²) in [6.07, 6.45) is 3.94. The molecule has 2 aliphatic heterocycles. The highest BCUT2D eigenvalue weighted by Crippen LogP contribution is 2.29. The molecule has 0 radical (unpaired) electrons. The molecule has 1 atom stereocenters. The van der Waals surface area contributed by atoms with Gasteiger partial charge in [0.1, 0.15) is 0 Å². The van der Waals surface area contributed by atoms with Crippen LogP contribution in [0.3, 0.4) is 0 Å². The van der Waals surface area contributed by atoms with Crippen molar-refractivity contribution < 1.29 is 14.2 Å². The van der Waals surface area contributed by atoms with E-state index in [0.717, 1.165) is 50.9 Å². The zero-order chi connectivity index (χ0) is 16.8. The molecule has 0 aliphatic carbocycles. The van der Waals surface area contributed by atoms with Gasteiger partial charge < -0.3 is 14.2 Å². The number of rotatable bonds is 6. The lowest BCUT2D eigenvalue weighted by Gasteiger charge is -2.39. The molecule has 0 bridgehead atoms. The topological polar surface area (TPSA) is 34.2 Å². The second-order valence-electron chi connectivity index (χ2n) is 6.72. The number of nitrogens with zero attached hydrogens (tertiary/aromatic N) is 2. The number of methoxy groups -OCH3 is 2. The van der Waals surface area contributed by atoms with Crippen LogP contribution in [0, 0.1) is 0 Å². The van der Waals surface area contributed by atoms with E-state index < -0.39 is 0 Å². The summed E-state index contributed by atoms with van der Waals surface area (Å²) >= 11 is 0. The van der Waals surface area contributed by atoms with E-state index >= 15 is 0 Å². The molecule has 1 unspecified atom stereocenters. The fourth-order valence-corrected chi connectivity index (χ4v) is 3.77. The van der Waals surface area contributed by atoms with Gasteiger partial charge in [0.2, 0.25) is 0 Å². The third kappa shape index (κ3) is 4.41. The van der Waals surface area contributed by atoms with Crippen molar-refractivity contribution >= 4 is 0 Å². The van der Waals surface area contributed by atoms with Crippen LogP contribution in [-0.4, -0.2) is 69.5 Å². The summed E-state index contributed by atoms with van der Waals surface area (Å²) in [5, 5.41) is 0. The van der Waals surface area contributed by atoms with Crippen LogP contribution in [0.5, 0.6) is 11.5 Å². The summed E-state index contributed by atoms with van der Waals surface area (Å²) in [6, 6.07) is 6.92. The molecule has 5 heteroatoms. The lowest BCUT2D eigenvalue weighted by atomic mass is 10.00. The Morgan fingerprint density at radius 1 is 1.04 bits per heavy atom. The monoisotopic (exact) mass is 334 g/mol. The van der Waals surface area contributed by atoms with Gasteiger partial charge >= 0.3 is 0 Å². The van der Waals surface area contributed by atoms with Crippen LogP contribution in [-0.2, 0) is 11.3 Å². The van der Waals surface area contributed by atoms with Gasteiger partial charge in [-0.2, -0.15) is 0 Å². The second-order valence-corrected chi connectivity index (χ2v) is 6.72. The molecule has 2 aliphatic rings. The molecule has 1 aromatic carbocycles. The maximum absolute atomic E-state index is 5.48. The van der Waals surface area contributed by atoms with Crippen molar-refractivity contribution in [1.82, 2.24) is 9.80 Å². The van der Waals surface area contributed by atoms with E-state index in [2.05, 4.69) is 21.9 Å². The lowest BCUT2D eigenvalue weighted by Crippen LogP contribution is -2.49. The van der Waals surface area contributed by atoms with Crippen molar-refractivity contribution in [2.75, 3.05) is 53.6 Å². The Bertz CT molecular complexity index is 517. The van der Waals surface area contributed by atoms with Gasteiger partial charge in [-0.3, -0.25) is 9.80 Å². The summed E-state index contributed by atoms with van der Waals surface area (Å²) in [6.45, 7) is 7.22. The fraction of sp³-hybridized carbons (Fsp3) is 0.684. The zero-order valence-corrected chi connectivity index (χ0v) is 15.0. The lowest BCUT2D eigenvalue weighted by molar-refractivity contribution is 0.0153. The number of hydrogen-bond acceptors (Lipinski definition) is 5. The number of benzene rings is 1. The van der Waals surface area contributed by atoms with Gasteiger partial charge in [-0.25, -0.2) is 0 Å².